The Morgan fingerprint density at radius 3 is 1.73 bits per heavy atom. The van der Waals surface area contributed by atoms with Crippen LogP contribution in [0, 0.1) is 11.3 Å². The second-order valence-corrected chi connectivity index (χ2v) is 7.73. The molecule has 33 heavy (non-hydrogen) atoms. The molecule has 11 atom stereocenters. The minimum absolute atomic E-state index is 0.160. The van der Waals surface area contributed by atoms with Gasteiger partial charge in [-0.3, -0.25) is 0 Å². The van der Waals surface area contributed by atoms with Crippen LogP contribution in [-0.2, 0) is 14.2 Å². The summed E-state index contributed by atoms with van der Waals surface area (Å²) in [6, 6.07) is 7.52. The first-order chi connectivity index (χ1) is 15.7. The summed E-state index contributed by atoms with van der Waals surface area (Å²) in [6.07, 6.45) is -16.1. The molecule has 0 radical (unpaired) electrons. The van der Waals surface area contributed by atoms with E-state index in [0.717, 1.165) is 0 Å². The molecule has 8 N–H and O–H groups in total. The monoisotopic (exact) mass is 473 g/mol. The first-order valence-corrected chi connectivity index (χ1v) is 10.1. The number of benzene rings is 1. The molecule has 184 valence electrons. The van der Waals surface area contributed by atoms with Gasteiger partial charge in [0.25, 0.3) is 0 Å². The fraction of sp³-hybridized carbons (Fsp3) is 0.650. The van der Waals surface area contributed by atoms with Crippen molar-refractivity contribution in [1.29, 1.82) is 5.26 Å². The molecule has 2 saturated heterocycles. The van der Waals surface area contributed by atoms with E-state index >= 15 is 0 Å². The summed E-state index contributed by atoms with van der Waals surface area (Å²) in [4.78, 5) is 0. The number of nitrogens with zero attached hydrogens (tertiary/aromatic N) is 1. The van der Waals surface area contributed by atoms with Crippen LogP contribution in [0.1, 0.15) is 11.7 Å². The Morgan fingerprint density at radius 2 is 1.24 bits per heavy atom. The molecule has 0 saturated carbocycles. The molecule has 0 aromatic heterocycles. The summed E-state index contributed by atoms with van der Waals surface area (Å²) in [5, 5.41) is 87.5. The molecule has 2 aliphatic heterocycles. The molecule has 0 bridgehead atoms. The molecule has 2 fully saturated rings. The van der Waals surface area contributed by atoms with E-state index < -0.39 is 80.7 Å². The van der Waals surface area contributed by atoms with Crippen LogP contribution in [0.5, 0.6) is 5.75 Å². The molecular formula is C20H27NO12. The van der Waals surface area contributed by atoms with Crippen LogP contribution in [0.15, 0.2) is 24.3 Å². The van der Waals surface area contributed by atoms with Crippen molar-refractivity contribution < 1.29 is 59.8 Å². The van der Waals surface area contributed by atoms with Gasteiger partial charge in [-0.25, -0.2) is 0 Å². The third kappa shape index (κ3) is 5.43. The lowest BCUT2D eigenvalue weighted by Gasteiger charge is -2.40. The minimum atomic E-state index is -1.67. The third-order valence-electron chi connectivity index (χ3n) is 5.52. The van der Waals surface area contributed by atoms with E-state index in [2.05, 4.69) is 0 Å². The molecule has 13 heteroatoms. The highest BCUT2D eigenvalue weighted by atomic mass is 16.7. The molecule has 3 rings (SSSR count). The number of ether oxygens (including phenoxy) is 4. The quantitative estimate of drug-likeness (QED) is 0.191. The van der Waals surface area contributed by atoms with Crippen LogP contribution in [0.3, 0.4) is 0 Å². The van der Waals surface area contributed by atoms with Crippen molar-refractivity contribution >= 4 is 0 Å². The van der Waals surface area contributed by atoms with Crippen molar-refractivity contribution in [1.82, 2.24) is 0 Å². The van der Waals surface area contributed by atoms with Crippen LogP contribution in [0.25, 0.3) is 0 Å². The zero-order chi connectivity index (χ0) is 24.3. The molecule has 2 heterocycles. The van der Waals surface area contributed by atoms with E-state index in [0.29, 0.717) is 5.56 Å². The van der Waals surface area contributed by atoms with Crippen LogP contribution < -0.4 is 4.74 Å². The van der Waals surface area contributed by atoms with Gasteiger partial charge < -0.3 is 59.8 Å². The van der Waals surface area contributed by atoms with E-state index in [9.17, 15) is 46.1 Å². The molecule has 0 unspecified atom stereocenters. The lowest BCUT2D eigenvalue weighted by molar-refractivity contribution is -0.307. The second kappa shape index (κ2) is 11.0. The number of hydrogen-bond acceptors (Lipinski definition) is 13. The highest BCUT2D eigenvalue weighted by molar-refractivity contribution is 5.31. The van der Waals surface area contributed by atoms with E-state index in [1.165, 1.54) is 24.3 Å². The smallest absolute Gasteiger partial charge is 0.229 e. The second-order valence-electron chi connectivity index (χ2n) is 7.73. The zero-order valence-corrected chi connectivity index (χ0v) is 17.2. The van der Waals surface area contributed by atoms with Crippen molar-refractivity contribution in [2.75, 3.05) is 13.2 Å². The number of aliphatic hydroxyl groups is 8. The SMILES string of the molecule is N#C[C@@H](O[C@H]1O[C@H](CO)[C@@H](O)[C@@H](O)[C@@H]1O)c1ccc(O[C@@H]2O[C@H](CO)[C@@H](O)[C@H](O)[C@H]2O)cc1. The van der Waals surface area contributed by atoms with E-state index in [4.69, 9.17) is 18.9 Å². The Labute approximate surface area is 188 Å². The van der Waals surface area contributed by atoms with Crippen molar-refractivity contribution in [3.8, 4) is 11.8 Å². The maximum atomic E-state index is 10.1. The largest absolute Gasteiger partial charge is 0.462 e. The van der Waals surface area contributed by atoms with Gasteiger partial charge in [-0.1, -0.05) is 12.1 Å². The predicted molar refractivity (Wildman–Crippen MR) is 104 cm³/mol. The molecule has 1 aromatic carbocycles. The van der Waals surface area contributed by atoms with Crippen molar-refractivity contribution in [3.05, 3.63) is 29.8 Å². The fourth-order valence-electron chi connectivity index (χ4n) is 3.52. The zero-order valence-electron chi connectivity index (χ0n) is 17.2. The van der Waals surface area contributed by atoms with Gasteiger partial charge in [0.15, 0.2) is 12.4 Å². The molecular weight excluding hydrogens is 446 g/mol. The Bertz CT molecular complexity index is 799. The van der Waals surface area contributed by atoms with Crippen molar-refractivity contribution in [2.24, 2.45) is 0 Å². The number of nitriles is 1. The summed E-state index contributed by atoms with van der Waals surface area (Å²) < 4.78 is 21.4. The summed E-state index contributed by atoms with van der Waals surface area (Å²) in [5.74, 6) is 0.160. The van der Waals surface area contributed by atoms with Crippen LogP contribution in [0.4, 0.5) is 0 Å². The molecule has 1 aromatic rings. The number of rotatable bonds is 7. The van der Waals surface area contributed by atoms with Gasteiger partial charge in [0.2, 0.25) is 6.29 Å². The van der Waals surface area contributed by atoms with Crippen molar-refractivity contribution in [3.63, 3.8) is 0 Å². The van der Waals surface area contributed by atoms with Gasteiger partial charge in [-0.2, -0.15) is 5.26 Å². The Balaban J connectivity index is 1.66. The highest BCUT2D eigenvalue weighted by Gasteiger charge is 2.46. The summed E-state index contributed by atoms with van der Waals surface area (Å²) in [5.41, 5.74) is 0.301. The molecule has 0 spiro atoms. The minimum Gasteiger partial charge on any atom is -0.462 e. The first-order valence-electron chi connectivity index (χ1n) is 10.1. The standard InChI is InChI=1S/C20H27NO12/c21-5-10(31-20-18(29)16(27)14(25)12(7-23)33-20)8-1-3-9(4-2-8)30-19-17(28)15(26)13(24)11(6-22)32-19/h1-4,10-20,22-29H,6-7H2/t10-,11-,12-,13-,14-,15+,16-,17-,18+,19-,20+/m1/s1. The fourth-order valence-corrected chi connectivity index (χ4v) is 3.52. The van der Waals surface area contributed by atoms with E-state index in [1.807, 2.05) is 6.07 Å². The summed E-state index contributed by atoms with van der Waals surface area (Å²) in [7, 11) is 0. The van der Waals surface area contributed by atoms with E-state index in [-0.39, 0.29) is 5.75 Å². The first kappa shape index (κ1) is 25.7. The molecule has 2 aliphatic rings. The van der Waals surface area contributed by atoms with Gasteiger partial charge in [-0.05, 0) is 17.7 Å². The van der Waals surface area contributed by atoms with Gasteiger partial charge in [0.05, 0.1) is 19.3 Å². The molecule has 0 aliphatic carbocycles. The lowest BCUT2D eigenvalue weighted by Crippen LogP contribution is -2.60. The number of hydrogen-bond donors (Lipinski definition) is 8. The van der Waals surface area contributed by atoms with Crippen LogP contribution >= 0.6 is 0 Å². The van der Waals surface area contributed by atoms with Crippen LogP contribution in [-0.4, -0.2) is 115 Å². The van der Waals surface area contributed by atoms with Gasteiger partial charge >= 0.3 is 0 Å². The lowest BCUT2D eigenvalue weighted by atomic mass is 9.99. The van der Waals surface area contributed by atoms with Crippen molar-refractivity contribution in [2.45, 2.75) is 67.5 Å². The van der Waals surface area contributed by atoms with Gasteiger partial charge in [0, 0.05) is 0 Å². The van der Waals surface area contributed by atoms with Crippen LogP contribution in [0.2, 0.25) is 0 Å². The maximum absolute atomic E-state index is 10.1. The molecule has 0 amide bonds. The third-order valence-corrected chi connectivity index (χ3v) is 5.52. The van der Waals surface area contributed by atoms with Gasteiger partial charge in [0.1, 0.15) is 54.6 Å². The topological polar surface area (TPSA) is 223 Å². The Morgan fingerprint density at radius 1 is 0.758 bits per heavy atom. The average molecular weight is 473 g/mol. The summed E-state index contributed by atoms with van der Waals surface area (Å²) in [6.45, 7) is -1.26. The molecule has 13 nitrogen and oxygen atoms in total. The van der Waals surface area contributed by atoms with Gasteiger partial charge in [-0.15, -0.1) is 0 Å². The Kier molecular flexibility index (Phi) is 8.56. The maximum Gasteiger partial charge on any atom is 0.229 e. The average Bonchev–Trinajstić information content (AvgIpc) is 2.83. The predicted octanol–water partition coefficient (Wildman–Crippen LogP) is -3.75. The summed E-state index contributed by atoms with van der Waals surface area (Å²) >= 11 is 0. The van der Waals surface area contributed by atoms with E-state index in [1.54, 1.807) is 0 Å². The highest BCUT2D eigenvalue weighted by Crippen LogP contribution is 2.29. The normalized spacial score (nSPS) is 40.1. The number of aliphatic hydroxyl groups excluding tert-OH is 8. The Hall–Kier alpha value is -1.93.